The molecule has 1 aromatic carbocycles. The van der Waals surface area contributed by atoms with Gasteiger partial charge in [-0.15, -0.1) is 5.10 Å². The van der Waals surface area contributed by atoms with Gasteiger partial charge < -0.3 is 15.2 Å². The third-order valence-corrected chi connectivity index (χ3v) is 3.21. The van der Waals surface area contributed by atoms with E-state index < -0.39 is 5.97 Å². The van der Waals surface area contributed by atoms with Gasteiger partial charge in [0.05, 0.1) is 7.11 Å². The number of aliphatic carboxylic acids is 1. The molecule has 2 aromatic rings. The molecule has 0 saturated carbocycles. The standard InChI is InChI=1S/C14H17N5O4/c1-9(3-6-13(20)21)16-14(22)10-4-5-12(23-2)11(7-10)19-8-15-17-18-19/h4-5,7-9H,3,6H2,1-2H3,(H,16,22)(H,20,21). The first-order valence-electron chi connectivity index (χ1n) is 6.95. The summed E-state index contributed by atoms with van der Waals surface area (Å²) in [4.78, 5) is 22.8. The van der Waals surface area contributed by atoms with Crippen LogP contribution in [0.3, 0.4) is 0 Å². The van der Waals surface area contributed by atoms with Crippen molar-refractivity contribution in [3.05, 3.63) is 30.1 Å². The number of aromatic nitrogens is 4. The number of hydrogen-bond acceptors (Lipinski definition) is 6. The van der Waals surface area contributed by atoms with Crippen LogP contribution < -0.4 is 10.1 Å². The summed E-state index contributed by atoms with van der Waals surface area (Å²) in [7, 11) is 1.51. The van der Waals surface area contributed by atoms with Gasteiger partial charge in [0.1, 0.15) is 17.8 Å². The second-order valence-electron chi connectivity index (χ2n) is 4.95. The van der Waals surface area contributed by atoms with Crippen LogP contribution in [0.1, 0.15) is 30.1 Å². The average molecular weight is 319 g/mol. The predicted octanol–water partition coefficient (Wildman–Crippen LogP) is 0.654. The number of carbonyl (C=O) groups is 2. The van der Waals surface area contributed by atoms with Crippen LogP contribution in [0.5, 0.6) is 5.75 Å². The highest BCUT2D eigenvalue weighted by molar-refractivity contribution is 5.95. The Morgan fingerprint density at radius 1 is 1.43 bits per heavy atom. The number of benzene rings is 1. The number of methoxy groups -OCH3 is 1. The summed E-state index contributed by atoms with van der Waals surface area (Å²) in [5.41, 5.74) is 0.932. The predicted molar refractivity (Wildman–Crippen MR) is 79.5 cm³/mol. The van der Waals surface area contributed by atoms with Gasteiger partial charge in [-0.1, -0.05) is 0 Å². The SMILES string of the molecule is COc1ccc(C(=O)NC(C)CCC(=O)O)cc1-n1cnnn1. The first kappa shape index (κ1) is 16.4. The lowest BCUT2D eigenvalue weighted by Gasteiger charge is -2.14. The fourth-order valence-electron chi connectivity index (χ4n) is 2.00. The Morgan fingerprint density at radius 2 is 2.22 bits per heavy atom. The van der Waals surface area contributed by atoms with E-state index in [0.29, 0.717) is 23.4 Å². The van der Waals surface area contributed by atoms with E-state index in [1.54, 1.807) is 25.1 Å². The van der Waals surface area contributed by atoms with Crippen LogP contribution in [0.4, 0.5) is 0 Å². The largest absolute Gasteiger partial charge is 0.494 e. The van der Waals surface area contributed by atoms with E-state index in [2.05, 4.69) is 20.8 Å². The average Bonchev–Trinajstić information content (AvgIpc) is 3.06. The summed E-state index contributed by atoms with van der Waals surface area (Å²) in [6, 6.07) is 4.62. The number of tetrazole rings is 1. The van der Waals surface area contributed by atoms with Crippen molar-refractivity contribution in [1.82, 2.24) is 25.5 Å². The number of carboxylic acids is 1. The molecule has 9 nitrogen and oxygen atoms in total. The molecule has 0 aliphatic heterocycles. The Hall–Kier alpha value is -2.97. The van der Waals surface area contributed by atoms with Crippen LogP contribution in [-0.2, 0) is 4.79 Å². The lowest BCUT2D eigenvalue weighted by atomic mass is 10.1. The topological polar surface area (TPSA) is 119 Å². The monoisotopic (exact) mass is 319 g/mol. The zero-order chi connectivity index (χ0) is 16.8. The van der Waals surface area contributed by atoms with Crippen LogP contribution in [0.25, 0.3) is 5.69 Å². The van der Waals surface area contributed by atoms with Gasteiger partial charge in [0.15, 0.2) is 0 Å². The van der Waals surface area contributed by atoms with Crippen molar-refractivity contribution < 1.29 is 19.4 Å². The maximum absolute atomic E-state index is 12.3. The summed E-state index contributed by atoms with van der Waals surface area (Å²) in [5, 5.41) is 22.3. The molecule has 0 spiro atoms. The molecular weight excluding hydrogens is 302 g/mol. The van der Waals surface area contributed by atoms with Crippen LogP contribution in [0.15, 0.2) is 24.5 Å². The number of nitrogens with one attached hydrogen (secondary N) is 1. The van der Waals surface area contributed by atoms with Crippen molar-refractivity contribution >= 4 is 11.9 Å². The van der Waals surface area contributed by atoms with Crippen molar-refractivity contribution in [2.45, 2.75) is 25.8 Å². The van der Waals surface area contributed by atoms with Gasteiger partial charge in [0.25, 0.3) is 5.91 Å². The van der Waals surface area contributed by atoms with Crippen molar-refractivity contribution in [1.29, 1.82) is 0 Å². The van der Waals surface area contributed by atoms with E-state index in [9.17, 15) is 9.59 Å². The molecule has 122 valence electrons. The molecule has 23 heavy (non-hydrogen) atoms. The number of carbonyl (C=O) groups excluding carboxylic acids is 1. The Kier molecular flexibility index (Phi) is 5.23. The molecule has 0 bridgehead atoms. The van der Waals surface area contributed by atoms with E-state index in [4.69, 9.17) is 9.84 Å². The van der Waals surface area contributed by atoms with Crippen molar-refractivity contribution in [2.24, 2.45) is 0 Å². The summed E-state index contributed by atoms with van der Waals surface area (Å²) in [6.45, 7) is 1.76. The maximum Gasteiger partial charge on any atom is 0.303 e. The highest BCUT2D eigenvalue weighted by Gasteiger charge is 2.15. The van der Waals surface area contributed by atoms with Crippen LogP contribution >= 0.6 is 0 Å². The minimum atomic E-state index is -0.892. The van der Waals surface area contributed by atoms with Gasteiger partial charge in [0.2, 0.25) is 0 Å². The molecule has 0 aliphatic rings. The minimum absolute atomic E-state index is 0.0000642. The molecule has 0 saturated heterocycles. The third kappa shape index (κ3) is 4.25. The molecule has 2 rings (SSSR count). The van der Waals surface area contributed by atoms with Crippen LogP contribution in [0.2, 0.25) is 0 Å². The highest BCUT2D eigenvalue weighted by atomic mass is 16.5. The first-order chi connectivity index (χ1) is 11.0. The van der Waals surface area contributed by atoms with E-state index in [-0.39, 0.29) is 18.4 Å². The molecule has 1 unspecified atom stereocenters. The second-order valence-corrected chi connectivity index (χ2v) is 4.95. The van der Waals surface area contributed by atoms with Gasteiger partial charge in [-0.25, -0.2) is 0 Å². The van der Waals surface area contributed by atoms with Gasteiger partial charge in [-0.05, 0) is 42.0 Å². The van der Waals surface area contributed by atoms with E-state index in [1.165, 1.54) is 18.1 Å². The molecule has 1 amide bonds. The Morgan fingerprint density at radius 3 is 2.83 bits per heavy atom. The molecule has 0 radical (unpaired) electrons. The molecule has 1 aromatic heterocycles. The number of amides is 1. The third-order valence-electron chi connectivity index (χ3n) is 3.21. The quantitative estimate of drug-likeness (QED) is 0.769. The molecule has 0 aliphatic carbocycles. The summed E-state index contributed by atoms with van der Waals surface area (Å²) < 4.78 is 6.63. The normalized spacial score (nSPS) is 11.7. The zero-order valence-electron chi connectivity index (χ0n) is 12.8. The summed E-state index contributed by atoms with van der Waals surface area (Å²) >= 11 is 0. The fourth-order valence-corrected chi connectivity index (χ4v) is 2.00. The molecule has 1 atom stereocenters. The Labute approximate surface area is 132 Å². The molecule has 9 heteroatoms. The fraction of sp³-hybridized carbons (Fsp3) is 0.357. The smallest absolute Gasteiger partial charge is 0.303 e. The van der Waals surface area contributed by atoms with Gasteiger partial charge >= 0.3 is 5.97 Å². The second kappa shape index (κ2) is 7.34. The van der Waals surface area contributed by atoms with Crippen molar-refractivity contribution in [3.8, 4) is 11.4 Å². The summed E-state index contributed by atoms with van der Waals surface area (Å²) in [5.74, 6) is -0.677. The summed E-state index contributed by atoms with van der Waals surface area (Å²) in [6.07, 6.45) is 1.76. The van der Waals surface area contributed by atoms with Crippen molar-refractivity contribution in [3.63, 3.8) is 0 Å². The molecule has 2 N–H and O–H groups in total. The van der Waals surface area contributed by atoms with E-state index in [1.807, 2.05) is 0 Å². The number of nitrogens with zero attached hydrogens (tertiary/aromatic N) is 4. The molecular formula is C14H17N5O4. The van der Waals surface area contributed by atoms with Crippen LogP contribution in [0, 0.1) is 0 Å². The van der Waals surface area contributed by atoms with E-state index >= 15 is 0 Å². The Balaban J connectivity index is 2.15. The highest BCUT2D eigenvalue weighted by Crippen LogP contribution is 2.23. The lowest BCUT2D eigenvalue weighted by Crippen LogP contribution is -2.33. The molecule has 1 heterocycles. The number of carboxylic acid groups (broad SMARTS) is 1. The maximum atomic E-state index is 12.3. The number of ether oxygens (including phenoxy) is 1. The zero-order valence-corrected chi connectivity index (χ0v) is 12.8. The minimum Gasteiger partial charge on any atom is -0.494 e. The number of hydrogen-bond donors (Lipinski definition) is 2. The van der Waals surface area contributed by atoms with Gasteiger partial charge in [-0.2, -0.15) is 4.68 Å². The molecule has 0 fully saturated rings. The number of rotatable bonds is 7. The lowest BCUT2D eigenvalue weighted by molar-refractivity contribution is -0.137. The van der Waals surface area contributed by atoms with Crippen molar-refractivity contribution in [2.75, 3.05) is 7.11 Å². The van der Waals surface area contributed by atoms with Gasteiger partial charge in [0, 0.05) is 18.0 Å². The first-order valence-corrected chi connectivity index (χ1v) is 6.95. The Bertz CT molecular complexity index is 686. The van der Waals surface area contributed by atoms with Gasteiger partial charge in [-0.3, -0.25) is 9.59 Å². The van der Waals surface area contributed by atoms with E-state index in [0.717, 1.165) is 0 Å². The van der Waals surface area contributed by atoms with Crippen LogP contribution in [-0.4, -0.2) is 50.3 Å².